The van der Waals surface area contributed by atoms with Crippen LogP contribution in [0.15, 0.2) is 18.2 Å². The van der Waals surface area contributed by atoms with Gasteiger partial charge in [-0.25, -0.2) is 0 Å². The fourth-order valence-corrected chi connectivity index (χ4v) is 6.27. The number of hydrogen-bond acceptors (Lipinski definition) is 4. The number of hydrogen-bond donors (Lipinski definition) is 3. The summed E-state index contributed by atoms with van der Waals surface area (Å²) in [7, 11) is 1.72. The topological polar surface area (TPSA) is 61.7 Å². The van der Waals surface area contributed by atoms with Crippen LogP contribution in [0.25, 0.3) is 0 Å². The molecule has 25 heavy (non-hydrogen) atoms. The molecule has 3 N–H and O–H groups in total. The van der Waals surface area contributed by atoms with Crippen molar-refractivity contribution in [3.8, 4) is 5.75 Å². The lowest BCUT2D eigenvalue weighted by Gasteiger charge is -2.51. The highest BCUT2D eigenvalue weighted by Gasteiger charge is 2.57. The molecule has 0 saturated heterocycles. The van der Waals surface area contributed by atoms with Gasteiger partial charge in [-0.2, -0.15) is 0 Å². The fraction of sp³-hybridized carbons (Fsp3) is 0.714. The van der Waals surface area contributed by atoms with E-state index in [9.17, 15) is 10.2 Å². The van der Waals surface area contributed by atoms with Crippen molar-refractivity contribution < 1.29 is 14.9 Å². The number of aliphatic hydroxyl groups is 1. The molecule has 1 aromatic rings. The molecule has 0 amide bonds. The molecule has 0 unspecified atom stereocenters. The number of methoxy groups -OCH3 is 1. The molecule has 0 heterocycles. The van der Waals surface area contributed by atoms with Crippen molar-refractivity contribution in [2.45, 2.75) is 57.1 Å². The molecule has 1 aromatic carbocycles. The number of aryl methyl sites for hydroxylation is 1. The number of phenolic OH excluding ortho intramolecular Hbond substituents is 1. The van der Waals surface area contributed by atoms with Gasteiger partial charge in [0.1, 0.15) is 5.75 Å². The number of fused-ring (bicyclic) bond motifs is 5. The van der Waals surface area contributed by atoms with E-state index < -0.39 is 0 Å². The van der Waals surface area contributed by atoms with Crippen molar-refractivity contribution >= 4 is 0 Å². The second kappa shape index (κ2) is 6.57. The van der Waals surface area contributed by atoms with Gasteiger partial charge in [0.15, 0.2) is 0 Å². The van der Waals surface area contributed by atoms with Gasteiger partial charge in [0.05, 0.1) is 12.7 Å². The van der Waals surface area contributed by atoms with Gasteiger partial charge in [0, 0.05) is 19.7 Å². The van der Waals surface area contributed by atoms with Gasteiger partial charge >= 0.3 is 0 Å². The summed E-state index contributed by atoms with van der Waals surface area (Å²) in [5.74, 6) is 2.20. The Morgan fingerprint density at radius 3 is 2.96 bits per heavy atom. The quantitative estimate of drug-likeness (QED) is 0.735. The highest BCUT2D eigenvalue weighted by molar-refractivity contribution is 5.40. The van der Waals surface area contributed by atoms with Crippen molar-refractivity contribution in [1.82, 2.24) is 5.32 Å². The molecule has 0 aromatic heterocycles. The Balaban J connectivity index is 1.58. The molecule has 2 fully saturated rings. The highest BCUT2D eigenvalue weighted by Crippen LogP contribution is 2.60. The predicted molar refractivity (Wildman–Crippen MR) is 97.8 cm³/mol. The normalized spacial score (nSPS) is 39.6. The second-order valence-electron chi connectivity index (χ2n) is 8.57. The first-order valence-corrected chi connectivity index (χ1v) is 9.77. The summed E-state index contributed by atoms with van der Waals surface area (Å²) < 4.78 is 5.18. The average molecular weight is 345 g/mol. The van der Waals surface area contributed by atoms with Crippen LogP contribution < -0.4 is 5.32 Å². The van der Waals surface area contributed by atoms with Gasteiger partial charge in [-0.05, 0) is 78.5 Å². The van der Waals surface area contributed by atoms with Crippen molar-refractivity contribution in [2.24, 2.45) is 17.3 Å². The van der Waals surface area contributed by atoms with Crippen LogP contribution in [0.3, 0.4) is 0 Å². The average Bonchev–Trinajstić information content (AvgIpc) is 2.85. The lowest BCUT2D eigenvalue weighted by molar-refractivity contribution is 0.0335. The third-order valence-corrected chi connectivity index (χ3v) is 7.41. The van der Waals surface area contributed by atoms with Gasteiger partial charge in [-0.1, -0.05) is 13.0 Å². The number of aliphatic hydroxyl groups excluding tert-OH is 1. The number of nitrogens with one attached hydrogen (secondary N) is 1. The molecule has 0 bridgehead atoms. The van der Waals surface area contributed by atoms with Crippen molar-refractivity contribution in [3.05, 3.63) is 29.3 Å². The molecule has 6 atom stereocenters. The zero-order valence-electron chi connectivity index (χ0n) is 15.4. The predicted octanol–water partition coefficient (Wildman–Crippen LogP) is 2.82. The Morgan fingerprint density at radius 1 is 1.32 bits per heavy atom. The summed E-state index contributed by atoms with van der Waals surface area (Å²) in [6.45, 7) is 3.88. The SMILES string of the molecule is COCCN[C@H]1[C@H](O)C[C@H]2[C@@H]3CCc4cc(O)ccc4[C@H]3CC[C@@]21C. The van der Waals surface area contributed by atoms with Gasteiger partial charge in [0.25, 0.3) is 0 Å². The van der Waals surface area contributed by atoms with E-state index in [1.807, 2.05) is 12.1 Å². The van der Waals surface area contributed by atoms with Gasteiger partial charge < -0.3 is 20.3 Å². The smallest absolute Gasteiger partial charge is 0.115 e. The van der Waals surface area contributed by atoms with Crippen LogP contribution in [0, 0.1) is 17.3 Å². The first-order chi connectivity index (χ1) is 12.0. The third kappa shape index (κ3) is 2.79. The van der Waals surface area contributed by atoms with Gasteiger partial charge in [0.2, 0.25) is 0 Å². The maximum Gasteiger partial charge on any atom is 0.115 e. The number of benzene rings is 1. The number of rotatable bonds is 4. The minimum absolute atomic E-state index is 0.169. The van der Waals surface area contributed by atoms with E-state index in [1.165, 1.54) is 24.0 Å². The van der Waals surface area contributed by atoms with Crippen molar-refractivity contribution in [3.63, 3.8) is 0 Å². The number of phenols is 1. The maximum atomic E-state index is 10.8. The van der Waals surface area contributed by atoms with Crippen LogP contribution in [-0.4, -0.2) is 42.6 Å². The van der Waals surface area contributed by atoms with Crippen LogP contribution in [-0.2, 0) is 11.2 Å². The Labute approximate surface area is 150 Å². The minimum atomic E-state index is -0.258. The summed E-state index contributed by atoms with van der Waals surface area (Å²) in [5.41, 5.74) is 2.95. The molecule has 4 nitrogen and oxygen atoms in total. The first-order valence-electron chi connectivity index (χ1n) is 9.77. The molecule has 0 aliphatic heterocycles. The molecular formula is C21H31NO3. The Hall–Kier alpha value is -1.10. The maximum absolute atomic E-state index is 10.8. The van der Waals surface area contributed by atoms with Gasteiger partial charge in [-0.15, -0.1) is 0 Å². The summed E-state index contributed by atoms with van der Waals surface area (Å²) in [6.07, 6.45) is 5.22. The van der Waals surface area contributed by atoms with E-state index in [1.54, 1.807) is 7.11 Å². The molecule has 2 saturated carbocycles. The van der Waals surface area contributed by atoms with E-state index in [0.29, 0.717) is 30.1 Å². The Kier molecular flexibility index (Phi) is 4.55. The molecule has 4 heteroatoms. The van der Waals surface area contributed by atoms with E-state index in [0.717, 1.165) is 25.8 Å². The van der Waals surface area contributed by atoms with E-state index in [2.05, 4.69) is 18.3 Å². The van der Waals surface area contributed by atoms with Crippen LogP contribution >= 0.6 is 0 Å². The minimum Gasteiger partial charge on any atom is -0.508 e. The molecular weight excluding hydrogens is 314 g/mol. The molecule has 3 aliphatic rings. The monoisotopic (exact) mass is 345 g/mol. The lowest BCUT2D eigenvalue weighted by Crippen LogP contribution is -2.51. The van der Waals surface area contributed by atoms with Crippen LogP contribution in [0.4, 0.5) is 0 Å². The van der Waals surface area contributed by atoms with Crippen LogP contribution in [0.5, 0.6) is 5.75 Å². The standard InChI is InChI=1S/C21H31NO3/c1-21-8-7-16-15-6-4-14(23)11-13(15)3-5-17(16)18(21)12-19(24)20(21)22-9-10-25-2/h4,6,11,16-20,22-24H,3,5,7-10,12H2,1-2H3/t16-,17-,18+,19-,20+,21+/m1/s1. The van der Waals surface area contributed by atoms with Crippen LogP contribution in [0.2, 0.25) is 0 Å². The molecule has 0 spiro atoms. The zero-order valence-corrected chi connectivity index (χ0v) is 15.4. The highest BCUT2D eigenvalue weighted by atomic mass is 16.5. The first kappa shape index (κ1) is 17.3. The van der Waals surface area contributed by atoms with E-state index in [4.69, 9.17) is 4.74 Å². The third-order valence-electron chi connectivity index (χ3n) is 7.41. The molecule has 0 radical (unpaired) electrons. The zero-order chi connectivity index (χ0) is 17.6. The van der Waals surface area contributed by atoms with Gasteiger partial charge in [-0.3, -0.25) is 0 Å². The lowest BCUT2D eigenvalue weighted by atomic mass is 9.55. The summed E-state index contributed by atoms with van der Waals surface area (Å²) in [6, 6.07) is 6.12. The number of ether oxygens (including phenoxy) is 1. The molecule has 138 valence electrons. The Morgan fingerprint density at radius 2 is 2.16 bits per heavy atom. The Bertz CT molecular complexity index is 634. The van der Waals surface area contributed by atoms with Crippen molar-refractivity contribution in [1.29, 1.82) is 0 Å². The summed E-state index contributed by atoms with van der Waals surface area (Å²) in [4.78, 5) is 0. The summed E-state index contributed by atoms with van der Waals surface area (Å²) >= 11 is 0. The largest absolute Gasteiger partial charge is 0.508 e. The fourth-order valence-electron chi connectivity index (χ4n) is 6.27. The van der Waals surface area contributed by atoms with Crippen molar-refractivity contribution in [2.75, 3.05) is 20.3 Å². The van der Waals surface area contributed by atoms with Crippen LogP contribution in [0.1, 0.15) is 49.7 Å². The molecule has 3 aliphatic carbocycles. The number of aromatic hydroxyl groups is 1. The second-order valence-corrected chi connectivity index (χ2v) is 8.57. The molecule has 4 rings (SSSR count). The van der Waals surface area contributed by atoms with E-state index >= 15 is 0 Å². The summed E-state index contributed by atoms with van der Waals surface area (Å²) in [5, 5.41) is 24.2. The van der Waals surface area contributed by atoms with E-state index in [-0.39, 0.29) is 17.6 Å².